The van der Waals surface area contributed by atoms with Gasteiger partial charge in [-0.05, 0) is 48.0 Å². The van der Waals surface area contributed by atoms with Crippen LogP contribution in [0.1, 0.15) is 0 Å². The third-order valence-electron chi connectivity index (χ3n) is 3.49. The van der Waals surface area contributed by atoms with E-state index in [2.05, 4.69) is 0 Å². The van der Waals surface area contributed by atoms with Crippen molar-refractivity contribution in [2.24, 2.45) is 0 Å². The highest BCUT2D eigenvalue weighted by molar-refractivity contribution is 7.85. The molecule has 0 aliphatic carbocycles. The van der Waals surface area contributed by atoms with Crippen LogP contribution in [0.4, 0.5) is 0 Å². The summed E-state index contributed by atoms with van der Waals surface area (Å²) < 4.78 is 23.8. The predicted molar refractivity (Wildman–Crippen MR) is 92.7 cm³/mol. The van der Waals surface area contributed by atoms with E-state index >= 15 is 0 Å². The minimum atomic E-state index is -1.06. The molecule has 0 saturated heterocycles. The minimum Gasteiger partial charge on any atom is -0.497 e. The first-order valence-corrected chi connectivity index (χ1v) is 9.10. The van der Waals surface area contributed by atoms with Crippen molar-refractivity contribution in [2.45, 2.75) is 4.90 Å². The van der Waals surface area contributed by atoms with Crippen molar-refractivity contribution in [3.8, 4) is 21.9 Å². The average Bonchev–Trinajstić information content (AvgIpc) is 2.93. The minimum absolute atomic E-state index is 0.809. The second kappa shape index (κ2) is 6.10. The molecule has 0 saturated carbocycles. The molecule has 22 heavy (non-hydrogen) atoms. The zero-order chi connectivity index (χ0) is 15.7. The van der Waals surface area contributed by atoms with Crippen molar-refractivity contribution in [2.75, 3.05) is 20.5 Å². The number of hydrogen-bond donors (Lipinski definition) is 0. The summed E-state index contributed by atoms with van der Waals surface area (Å²) in [6, 6.07) is 13.7. The number of thiophene rings is 1. The highest BCUT2D eigenvalue weighted by atomic mass is 32.2. The molecule has 3 nitrogen and oxygen atoms in total. The van der Waals surface area contributed by atoms with E-state index in [0.717, 1.165) is 36.9 Å². The summed E-state index contributed by atoms with van der Waals surface area (Å²) in [7, 11) is 2.24. The maximum atomic E-state index is 12.3. The Bertz CT molecular complexity index is 835. The van der Waals surface area contributed by atoms with E-state index in [0.29, 0.717) is 0 Å². The summed E-state index contributed by atoms with van der Waals surface area (Å²) in [5, 5.41) is 1.03. The van der Waals surface area contributed by atoms with Gasteiger partial charge >= 0.3 is 0 Å². The van der Waals surface area contributed by atoms with Crippen LogP contribution in [0.3, 0.4) is 0 Å². The first kappa shape index (κ1) is 15.1. The van der Waals surface area contributed by atoms with Gasteiger partial charge in [-0.15, -0.1) is 11.3 Å². The monoisotopic (exact) mass is 332 g/mol. The second-order valence-electron chi connectivity index (χ2n) is 4.81. The Morgan fingerprint density at radius 1 is 0.955 bits per heavy atom. The molecule has 0 aliphatic rings. The van der Waals surface area contributed by atoms with Gasteiger partial charge in [-0.3, -0.25) is 4.21 Å². The largest absolute Gasteiger partial charge is 0.497 e. The summed E-state index contributed by atoms with van der Waals surface area (Å²) in [6.07, 6.45) is 1.72. The number of rotatable bonds is 4. The van der Waals surface area contributed by atoms with Gasteiger partial charge in [0, 0.05) is 16.3 Å². The number of methoxy groups -OCH3 is 2. The maximum Gasteiger partial charge on any atom is 0.120 e. The lowest BCUT2D eigenvalue weighted by Gasteiger charge is -2.04. The third-order valence-corrected chi connectivity index (χ3v) is 5.82. The van der Waals surface area contributed by atoms with E-state index in [1.54, 1.807) is 31.8 Å². The molecule has 0 bridgehead atoms. The van der Waals surface area contributed by atoms with Crippen molar-refractivity contribution in [3.05, 3.63) is 42.5 Å². The zero-order valence-corrected chi connectivity index (χ0v) is 14.2. The predicted octanol–water partition coefficient (Wildman–Crippen LogP) is 4.32. The number of benzene rings is 2. The summed E-state index contributed by atoms with van der Waals surface area (Å²) in [4.78, 5) is 1.92. The van der Waals surface area contributed by atoms with Crippen molar-refractivity contribution in [1.29, 1.82) is 0 Å². The Hall–Kier alpha value is -1.85. The van der Waals surface area contributed by atoms with Crippen LogP contribution in [0.5, 0.6) is 11.5 Å². The molecule has 3 aromatic rings. The molecule has 1 aromatic heterocycles. The molecule has 1 atom stereocenters. The van der Waals surface area contributed by atoms with E-state index < -0.39 is 10.8 Å². The van der Waals surface area contributed by atoms with E-state index in [9.17, 15) is 4.21 Å². The maximum absolute atomic E-state index is 12.3. The van der Waals surface area contributed by atoms with Crippen LogP contribution in [0.15, 0.2) is 47.4 Å². The van der Waals surface area contributed by atoms with Crippen molar-refractivity contribution < 1.29 is 13.7 Å². The highest BCUT2D eigenvalue weighted by Gasteiger charge is 2.17. The smallest absolute Gasteiger partial charge is 0.120 e. The fraction of sp³-hybridized carbons (Fsp3) is 0.176. The van der Waals surface area contributed by atoms with Gasteiger partial charge in [-0.2, -0.15) is 0 Å². The Labute approximate surface area is 136 Å². The molecule has 0 N–H and O–H groups in total. The Kier molecular flexibility index (Phi) is 4.18. The molecule has 0 spiro atoms. The molecule has 0 radical (unpaired) electrons. The Balaban J connectivity index is 2.22. The molecule has 5 heteroatoms. The van der Waals surface area contributed by atoms with Crippen LogP contribution < -0.4 is 9.47 Å². The van der Waals surface area contributed by atoms with Gasteiger partial charge in [0.25, 0.3) is 0 Å². The van der Waals surface area contributed by atoms with Gasteiger partial charge in [0.05, 0.1) is 34.8 Å². The van der Waals surface area contributed by atoms with Crippen LogP contribution in [0.2, 0.25) is 0 Å². The van der Waals surface area contributed by atoms with E-state index in [-0.39, 0.29) is 0 Å². The topological polar surface area (TPSA) is 35.5 Å². The summed E-state index contributed by atoms with van der Waals surface area (Å²) in [5.41, 5.74) is 1.05. The Morgan fingerprint density at radius 3 is 2.18 bits per heavy atom. The van der Waals surface area contributed by atoms with Gasteiger partial charge in [-0.25, -0.2) is 0 Å². The molecule has 0 amide bonds. The summed E-state index contributed by atoms with van der Waals surface area (Å²) in [5.74, 6) is 1.62. The Morgan fingerprint density at radius 2 is 1.59 bits per heavy atom. The molecular weight excluding hydrogens is 316 g/mol. The number of fused-ring (bicyclic) bond motifs is 1. The molecule has 2 aromatic carbocycles. The second-order valence-corrected chi connectivity index (χ2v) is 7.17. The van der Waals surface area contributed by atoms with E-state index in [1.165, 1.54) is 0 Å². The third kappa shape index (κ3) is 2.62. The van der Waals surface area contributed by atoms with E-state index in [4.69, 9.17) is 9.47 Å². The molecule has 1 heterocycles. The van der Waals surface area contributed by atoms with E-state index in [1.807, 2.05) is 42.5 Å². The van der Waals surface area contributed by atoms with Gasteiger partial charge in [0.15, 0.2) is 0 Å². The number of hydrogen-bond acceptors (Lipinski definition) is 4. The van der Waals surface area contributed by atoms with Gasteiger partial charge in [0.2, 0.25) is 0 Å². The summed E-state index contributed by atoms with van der Waals surface area (Å²) >= 11 is 1.63. The molecule has 3 rings (SSSR count). The lowest BCUT2D eigenvalue weighted by molar-refractivity contribution is 0.415. The van der Waals surface area contributed by atoms with Crippen molar-refractivity contribution in [3.63, 3.8) is 0 Å². The molecule has 114 valence electrons. The molecule has 1 unspecified atom stereocenters. The summed E-state index contributed by atoms with van der Waals surface area (Å²) in [6.45, 7) is 0. The van der Waals surface area contributed by atoms with Gasteiger partial charge in [-0.1, -0.05) is 0 Å². The first-order valence-electron chi connectivity index (χ1n) is 6.72. The zero-order valence-electron chi connectivity index (χ0n) is 12.6. The lowest BCUT2D eigenvalue weighted by atomic mass is 10.1. The van der Waals surface area contributed by atoms with Crippen LogP contribution in [-0.4, -0.2) is 24.7 Å². The number of ether oxygens (including phenoxy) is 2. The average molecular weight is 332 g/mol. The molecular formula is C17H16O3S2. The van der Waals surface area contributed by atoms with Crippen LogP contribution in [-0.2, 0) is 10.8 Å². The molecule has 0 fully saturated rings. The fourth-order valence-electron chi connectivity index (χ4n) is 2.40. The normalized spacial score (nSPS) is 12.3. The SMILES string of the molecule is COc1ccc(-c2sc3cc(OC)ccc3c2S(C)=O)cc1. The van der Waals surface area contributed by atoms with Crippen molar-refractivity contribution in [1.82, 2.24) is 0 Å². The lowest BCUT2D eigenvalue weighted by Crippen LogP contribution is -1.89. The quantitative estimate of drug-likeness (QED) is 0.713. The van der Waals surface area contributed by atoms with Crippen LogP contribution >= 0.6 is 11.3 Å². The standard InChI is InChI=1S/C17H16O3S2/c1-19-12-6-4-11(5-7-12)16-17(22(3)18)14-9-8-13(20-2)10-15(14)21-16/h4-10H,1-3H3. The van der Waals surface area contributed by atoms with Crippen LogP contribution in [0, 0.1) is 0 Å². The van der Waals surface area contributed by atoms with Crippen molar-refractivity contribution >= 4 is 32.2 Å². The van der Waals surface area contributed by atoms with Crippen LogP contribution in [0.25, 0.3) is 20.5 Å². The fourth-order valence-corrected chi connectivity index (χ4v) is 4.94. The molecule has 0 aliphatic heterocycles. The first-order chi connectivity index (χ1) is 10.6. The highest BCUT2D eigenvalue weighted by Crippen LogP contribution is 2.42. The van der Waals surface area contributed by atoms with Gasteiger partial charge < -0.3 is 9.47 Å². The van der Waals surface area contributed by atoms with Gasteiger partial charge in [0.1, 0.15) is 11.5 Å².